The summed E-state index contributed by atoms with van der Waals surface area (Å²) in [6.07, 6.45) is 0.191. The number of para-hydroxylation sites is 1. The number of aliphatic carboxylic acids is 1. The number of carbonyl (C=O) groups is 1. The predicted octanol–water partition coefficient (Wildman–Crippen LogP) is 2.11. The average Bonchev–Trinajstić information content (AvgIpc) is 3.08. The van der Waals surface area contributed by atoms with Crippen LogP contribution in [0.15, 0.2) is 59.4 Å². The van der Waals surface area contributed by atoms with Crippen LogP contribution < -0.4 is 5.56 Å². The van der Waals surface area contributed by atoms with Gasteiger partial charge in [0.15, 0.2) is 0 Å². The molecule has 130 valence electrons. The third kappa shape index (κ3) is 2.73. The molecule has 0 saturated carbocycles. The van der Waals surface area contributed by atoms with E-state index in [9.17, 15) is 9.59 Å². The molecular weight excluding hydrogens is 332 g/mol. The monoisotopic (exact) mass is 348 g/mol. The van der Waals surface area contributed by atoms with Gasteiger partial charge in [-0.2, -0.15) is 0 Å². The van der Waals surface area contributed by atoms with Crippen LogP contribution in [0, 0.1) is 0 Å². The quantitative estimate of drug-likeness (QED) is 0.597. The van der Waals surface area contributed by atoms with Crippen molar-refractivity contribution in [1.29, 1.82) is 0 Å². The first-order valence-corrected chi connectivity index (χ1v) is 8.26. The molecule has 2 aromatic heterocycles. The van der Waals surface area contributed by atoms with Crippen molar-refractivity contribution < 1.29 is 9.90 Å². The van der Waals surface area contributed by atoms with Gasteiger partial charge in [0.25, 0.3) is 5.56 Å². The van der Waals surface area contributed by atoms with Crippen molar-refractivity contribution in [3.05, 3.63) is 76.3 Å². The van der Waals surface area contributed by atoms with Crippen LogP contribution in [0.4, 0.5) is 0 Å². The van der Waals surface area contributed by atoms with E-state index in [-0.39, 0.29) is 18.4 Å². The van der Waals surface area contributed by atoms with Gasteiger partial charge in [-0.25, -0.2) is 0 Å². The minimum atomic E-state index is -0.899. The second-order valence-corrected chi connectivity index (χ2v) is 6.04. The second-order valence-electron chi connectivity index (χ2n) is 6.04. The summed E-state index contributed by atoms with van der Waals surface area (Å²) < 4.78 is 3.36. The van der Waals surface area contributed by atoms with Crippen LogP contribution in [0.5, 0.6) is 0 Å². The maximum atomic E-state index is 13.0. The number of hydrogen-bond acceptors (Lipinski definition) is 4. The lowest BCUT2D eigenvalue weighted by atomic mass is 10.2. The Morgan fingerprint density at radius 1 is 1.00 bits per heavy atom. The number of hydrogen-bond donors (Lipinski definition) is 1. The van der Waals surface area contributed by atoms with Crippen molar-refractivity contribution in [2.45, 2.75) is 19.4 Å². The number of fused-ring (bicyclic) bond motifs is 3. The van der Waals surface area contributed by atoms with Gasteiger partial charge in [0, 0.05) is 6.42 Å². The molecule has 2 aromatic carbocycles. The fourth-order valence-electron chi connectivity index (χ4n) is 3.10. The first kappa shape index (κ1) is 16.0. The number of rotatable bonds is 5. The molecule has 0 aliphatic carbocycles. The Balaban J connectivity index is 1.97. The Labute approximate surface area is 148 Å². The smallest absolute Gasteiger partial charge is 0.303 e. The highest BCUT2D eigenvalue weighted by Gasteiger charge is 2.17. The number of aromatic nitrogens is 4. The van der Waals surface area contributed by atoms with E-state index in [0.717, 1.165) is 5.56 Å². The van der Waals surface area contributed by atoms with Crippen molar-refractivity contribution >= 4 is 22.6 Å². The van der Waals surface area contributed by atoms with Crippen LogP contribution in [0.3, 0.4) is 0 Å². The molecule has 0 bridgehead atoms. The molecule has 0 radical (unpaired) electrons. The van der Waals surface area contributed by atoms with Crippen LogP contribution in [0.1, 0.15) is 17.8 Å². The summed E-state index contributed by atoms with van der Waals surface area (Å²) in [4.78, 5) is 24.0. The van der Waals surface area contributed by atoms with Gasteiger partial charge in [-0.3, -0.25) is 18.6 Å². The van der Waals surface area contributed by atoms with Crippen LogP contribution in [-0.2, 0) is 17.8 Å². The molecule has 26 heavy (non-hydrogen) atoms. The zero-order chi connectivity index (χ0) is 18.1. The van der Waals surface area contributed by atoms with Crippen molar-refractivity contribution in [2.75, 3.05) is 0 Å². The number of nitrogens with zero attached hydrogens (tertiary/aromatic N) is 4. The average molecular weight is 348 g/mol. The van der Waals surface area contributed by atoms with E-state index >= 15 is 0 Å². The second kappa shape index (κ2) is 6.44. The largest absolute Gasteiger partial charge is 0.481 e. The lowest BCUT2D eigenvalue weighted by molar-refractivity contribution is -0.137. The van der Waals surface area contributed by atoms with E-state index in [2.05, 4.69) is 10.2 Å². The summed E-state index contributed by atoms with van der Waals surface area (Å²) in [5, 5.41) is 17.9. The molecular formula is C19H16N4O3. The summed E-state index contributed by atoms with van der Waals surface area (Å²) in [6.45, 7) is 0.366. The van der Waals surface area contributed by atoms with Gasteiger partial charge < -0.3 is 5.11 Å². The van der Waals surface area contributed by atoms with Gasteiger partial charge in [0.2, 0.25) is 5.78 Å². The molecule has 1 N–H and O–H groups in total. The first-order chi connectivity index (χ1) is 12.6. The highest BCUT2D eigenvalue weighted by molar-refractivity contribution is 5.80. The van der Waals surface area contributed by atoms with E-state index in [0.29, 0.717) is 29.0 Å². The molecule has 7 nitrogen and oxygen atoms in total. The van der Waals surface area contributed by atoms with E-state index < -0.39 is 5.97 Å². The maximum absolute atomic E-state index is 13.0. The van der Waals surface area contributed by atoms with E-state index in [1.807, 2.05) is 48.5 Å². The Morgan fingerprint density at radius 2 is 1.73 bits per heavy atom. The molecule has 4 aromatic rings. The zero-order valence-electron chi connectivity index (χ0n) is 13.9. The molecule has 0 amide bonds. The summed E-state index contributed by atoms with van der Waals surface area (Å²) in [7, 11) is 0. The highest BCUT2D eigenvalue weighted by atomic mass is 16.4. The standard InChI is InChI=1S/C19H16N4O3/c24-17(25)11-10-16-20-21-19-22(12-13-6-2-1-3-7-13)18(26)14-8-4-5-9-15(14)23(16)19/h1-9H,10-12H2,(H,24,25). The van der Waals surface area contributed by atoms with Gasteiger partial charge in [-0.05, 0) is 17.7 Å². The highest BCUT2D eigenvalue weighted by Crippen LogP contribution is 2.16. The van der Waals surface area contributed by atoms with Gasteiger partial charge >= 0.3 is 5.97 Å². The predicted molar refractivity (Wildman–Crippen MR) is 96.3 cm³/mol. The normalized spacial score (nSPS) is 11.2. The molecule has 0 atom stereocenters. The minimum Gasteiger partial charge on any atom is -0.481 e. The Hall–Kier alpha value is -3.48. The Kier molecular flexibility index (Phi) is 3.96. The summed E-state index contributed by atoms with van der Waals surface area (Å²) >= 11 is 0. The molecule has 2 heterocycles. The number of aryl methyl sites for hydroxylation is 1. The molecule has 0 fully saturated rings. The van der Waals surface area contributed by atoms with E-state index in [1.54, 1.807) is 15.0 Å². The van der Waals surface area contributed by atoms with E-state index in [4.69, 9.17) is 5.11 Å². The van der Waals surface area contributed by atoms with Gasteiger partial charge in [0.1, 0.15) is 5.82 Å². The Bertz CT molecular complexity index is 1160. The summed E-state index contributed by atoms with van der Waals surface area (Å²) in [5.74, 6) is 0.0435. The maximum Gasteiger partial charge on any atom is 0.303 e. The Morgan fingerprint density at radius 3 is 2.50 bits per heavy atom. The van der Waals surface area contributed by atoms with Crippen LogP contribution >= 0.6 is 0 Å². The summed E-state index contributed by atoms with van der Waals surface area (Å²) in [6, 6.07) is 16.9. The number of carboxylic acids is 1. The lowest BCUT2D eigenvalue weighted by Crippen LogP contribution is -2.24. The van der Waals surface area contributed by atoms with Crippen molar-refractivity contribution in [3.63, 3.8) is 0 Å². The van der Waals surface area contributed by atoms with Gasteiger partial charge in [-0.1, -0.05) is 42.5 Å². The molecule has 0 unspecified atom stereocenters. The van der Waals surface area contributed by atoms with Crippen LogP contribution in [-0.4, -0.2) is 30.2 Å². The van der Waals surface area contributed by atoms with Crippen LogP contribution in [0.25, 0.3) is 16.7 Å². The van der Waals surface area contributed by atoms with Gasteiger partial charge in [-0.15, -0.1) is 10.2 Å². The third-order valence-electron chi connectivity index (χ3n) is 4.32. The summed E-state index contributed by atoms with van der Waals surface area (Å²) in [5.41, 5.74) is 1.51. The lowest BCUT2D eigenvalue weighted by Gasteiger charge is -2.11. The third-order valence-corrected chi connectivity index (χ3v) is 4.32. The first-order valence-electron chi connectivity index (χ1n) is 8.26. The number of carboxylic acid groups (broad SMARTS) is 1. The van der Waals surface area contributed by atoms with Crippen LogP contribution in [0.2, 0.25) is 0 Å². The number of benzene rings is 2. The zero-order valence-corrected chi connectivity index (χ0v) is 13.9. The fourth-order valence-corrected chi connectivity index (χ4v) is 3.10. The molecule has 0 spiro atoms. The van der Waals surface area contributed by atoms with Crippen molar-refractivity contribution in [3.8, 4) is 0 Å². The molecule has 0 saturated heterocycles. The van der Waals surface area contributed by atoms with Crippen molar-refractivity contribution in [2.24, 2.45) is 0 Å². The topological polar surface area (TPSA) is 89.5 Å². The van der Waals surface area contributed by atoms with Gasteiger partial charge in [0.05, 0.1) is 23.9 Å². The van der Waals surface area contributed by atoms with Crippen molar-refractivity contribution in [1.82, 2.24) is 19.2 Å². The molecule has 7 heteroatoms. The van der Waals surface area contributed by atoms with E-state index in [1.165, 1.54) is 0 Å². The molecule has 0 aliphatic heterocycles. The minimum absolute atomic E-state index is 0.0487. The SMILES string of the molecule is O=C(O)CCc1nnc2n(Cc3ccccc3)c(=O)c3ccccc3n12. The fraction of sp³-hybridized carbons (Fsp3) is 0.158. The molecule has 4 rings (SSSR count). The molecule has 0 aliphatic rings.